The van der Waals surface area contributed by atoms with Crippen molar-refractivity contribution >= 4 is 23.1 Å². The second-order valence-corrected chi connectivity index (χ2v) is 9.26. The van der Waals surface area contributed by atoms with Gasteiger partial charge in [-0.15, -0.1) is 0 Å². The molecule has 10 nitrogen and oxygen atoms in total. The molecule has 1 heterocycles. The summed E-state index contributed by atoms with van der Waals surface area (Å²) in [6.45, 7) is 10.5. The maximum absolute atomic E-state index is 13.2. The first-order valence-corrected chi connectivity index (χ1v) is 12.3. The summed E-state index contributed by atoms with van der Waals surface area (Å²) in [5.74, 6) is -1.86. The van der Waals surface area contributed by atoms with Crippen LogP contribution in [0.5, 0.6) is 11.5 Å². The predicted octanol–water partition coefficient (Wildman–Crippen LogP) is 4.10. The number of ether oxygens (including phenoxy) is 1. The van der Waals surface area contributed by atoms with Crippen LogP contribution in [0.25, 0.3) is 5.76 Å². The lowest BCUT2D eigenvalue weighted by molar-refractivity contribution is -0.385. The van der Waals surface area contributed by atoms with Gasteiger partial charge in [0.1, 0.15) is 11.5 Å². The topological polar surface area (TPSA) is 133 Å². The molecule has 0 bridgehead atoms. The Morgan fingerprint density at radius 3 is 2.49 bits per heavy atom. The van der Waals surface area contributed by atoms with Gasteiger partial charge >= 0.3 is 5.69 Å². The van der Waals surface area contributed by atoms with Gasteiger partial charge in [0.15, 0.2) is 5.75 Å². The molecule has 1 saturated heterocycles. The number of Topliss-reactive ketones (excluding diaryl/α,β-unsaturated/α-hetero) is 1. The van der Waals surface area contributed by atoms with Gasteiger partial charge in [-0.25, -0.2) is 0 Å². The number of hydrogen-bond acceptors (Lipinski definition) is 8. The molecule has 1 fully saturated rings. The fraction of sp³-hybridized carbons (Fsp3) is 0.407. The first-order chi connectivity index (χ1) is 17.6. The monoisotopic (exact) mass is 511 g/mol. The number of nitrogens with zero attached hydrogens (tertiary/aromatic N) is 3. The predicted molar refractivity (Wildman–Crippen MR) is 138 cm³/mol. The number of likely N-dealkylation sites (tertiary alicyclic amines) is 1. The number of carbonyl (C=O) groups is 2. The molecule has 198 valence electrons. The van der Waals surface area contributed by atoms with Gasteiger partial charge in [-0.05, 0) is 42.8 Å². The second kappa shape index (κ2) is 11.9. The molecule has 1 aliphatic heterocycles. The summed E-state index contributed by atoms with van der Waals surface area (Å²) in [7, 11) is 0. The molecule has 0 aliphatic carbocycles. The number of phenolic OH excluding ortho intramolecular Hbond substituents is 1. The number of carbonyl (C=O) groups excluding carboxylic acids is 2. The summed E-state index contributed by atoms with van der Waals surface area (Å²) in [5.41, 5.74) is -0.222. The zero-order chi connectivity index (χ0) is 27.3. The number of phenols is 1. The van der Waals surface area contributed by atoms with Gasteiger partial charge in [0, 0.05) is 24.7 Å². The fourth-order valence-electron chi connectivity index (χ4n) is 4.25. The Morgan fingerprint density at radius 2 is 1.86 bits per heavy atom. The van der Waals surface area contributed by atoms with Crippen LogP contribution in [0.15, 0.2) is 48.0 Å². The van der Waals surface area contributed by atoms with Crippen LogP contribution >= 0.6 is 0 Å². The number of rotatable bonds is 11. The largest absolute Gasteiger partial charge is 0.507 e. The normalized spacial score (nSPS) is 17.1. The first-order valence-electron chi connectivity index (χ1n) is 12.3. The van der Waals surface area contributed by atoms with Crippen LogP contribution in [-0.4, -0.2) is 69.4 Å². The third-order valence-electron chi connectivity index (χ3n) is 6.29. The van der Waals surface area contributed by atoms with Crippen LogP contribution in [-0.2, 0) is 9.59 Å². The van der Waals surface area contributed by atoms with Gasteiger partial charge in [-0.3, -0.25) is 19.7 Å². The van der Waals surface area contributed by atoms with E-state index in [1.165, 1.54) is 11.0 Å². The summed E-state index contributed by atoms with van der Waals surface area (Å²) < 4.78 is 5.74. The molecule has 1 unspecified atom stereocenters. The van der Waals surface area contributed by atoms with Crippen molar-refractivity contribution in [3.63, 3.8) is 0 Å². The number of hydrogen-bond donors (Lipinski definition) is 2. The smallest absolute Gasteiger partial charge is 0.311 e. The maximum atomic E-state index is 13.2. The van der Waals surface area contributed by atoms with E-state index in [0.29, 0.717) is 18.9 Å². The average Bonchev–Trinajstić information content (AvgIpc) is 3.13. The lowest BCUT2D eigenvalue weighted by Gasteiger charge is -2.28. The molecule has 2 aromatic carbocycles. The van der Waals surface area contributed by atoms with Crippen molar-refractivity contribution in [3.8, 4) is 11.5 Å². The highest BCUT2D eigenvalue weighted by Crippen LogP contribution is 2.41. The number of likely N-dealkylation sites (N-methyl/N-ethyl adjacent to an activating group) is 1. The molecule has 0 aromatic heterocycles. The molecule has 3 rings (SSSR count). The zero-order valence-corrected chi connectivity index (χ0v) is 21.5. The highest BCUT2D eigenvalue weighted by molar-refractivity contribution is 6.46. The van der Waals surface area contributed by atoms with Gasteiger partial charge in [0.25, 0.3) is 11.7 Å². The number of nitro groups is 1. The molecule has 37 heavy (non-hydrogen) atoms. The number of aliphatic hydroxyl groups excluding tert-OH is 1. The Hall–Kier alpha value is -3.92. The molecule has 2 aromatic rings. The van der Waals surface area contributed by atoms with Crippen LogP contribution < -0.4 is 4.74 Å². The van der Waals surface area contributed by atoms with Crippen LogP contribution in [0, 0.1) is 16.0 Å². The fourth-order valence-corrected chi connectivity index (χ4v) is 4.25. The first kappa shape index (κ1) is 27.7. The molecule has 0 saturated carbocycles. The molecular weight excluding hydrogens is 478 g/mol. The van der Waals surface area contributed by atoms with E-state index < -0.39 is 39.9 Å². The average molecular weight is 512 g/mol. The molecule has 0 radical (unpaired) electrons. The number of ketones is 1. The third-order valence-corrected chi connectivity index (χ3v) is 6.29. The van der Waals surface area contributed by atoms with Crippen molar-refractivity contribution in [3.05, 3.63) is 69.3 Å². The molecule has 1 atom stereocenters. The van der Waals surface area contributed by atoms with E-state index in [9.17, 15) is 29.9 Å². The van der Waals surface area contributed by atoms with E-state index in [1.807, 2.05) is 27.7 Å². The molecule has 1 aliphatic rings. The number of aliphatic hydroxyl groups is 1. The highest BCUT2D eigenvalue weighted by atomic mass is 16.6. The Kier molecular flexibility index (Phi) is 8.88. The van der Waals surface area contributed by atoms with Gasteiger partial charge in [-0.2, -0.15) is 0 Å². The number of aromatic hydroxyl groups is 1. The van der Waals surface area contributed by atoms with E-state index in [2.05, 4.69) is 4.90 Å². The molecular formula is C27H33N3O7. The number of amides is 1. The van der Waals surface area contributed by atoms with Gasteiger partial charge < -0.3 is 24.7 Å². The Bertz CT molecular complexity index is 1200. The van der Waals surface area contributed by atoms with E-state index in [-0.39, 0.29) is 29.2 Å². The summed E-state index contributed by atoms with van der Waals surface area (Å²) in [6.07, 6.45) is 0. The SMILES string of the molecule is CCN(CC)CCN1C(=O)C(=O)/C(=C(\O)c2cccc(OCC(C)C)c2)C1c1ccc(O)c([N+](=O)[O-])c1. The summed E-state index contributed by atoms with van der Waals surface area (Å²) >= 11 is 0. The molecule has 1 amide bonds. The van der Waals surface area contributed by atoms with Crippen LogP contribution in [0.1, 0.15) is 44.9 Å². The zero-order valence-electron chi connectivity index (χ0n) is 21.5. The van der Waals surface area contributed by atoms with Crippen molar-refractivity contribution in [2.45, 2.75) is 33.7 Å². The Labute approximate surface area is 215 Å². The van der Waals surface area contributed by atoms with Gasteiger partial charge in [0.05, 0.1) is 23.1 Å². The van der Waals surface area contributed by atoms with E-state index >= 15 is 0 Å². The Morgan fingerprint density at radius 1 is 1.16 bits per heavy atom. The van der Waals surface area contributed by atoms with Crippen molar-refractivity contribution in [2.75, 3.05) is 32.8 Å². The van der Waals surface area contributed by atoms with Crippen molar-refractivity contribution < 1.29 is 29.5 Å². The minimum atomic E-state index is -1.07. The molecule has 0 spiro atoms. The highest BCUT2D eigenvalue weighted by Gasteiger charge is 2.46. The second-order valence-electron chi connectivity index (χ2n) is 9.26. The Balaban J connectivity index is 2.14. The number of benzene rings is 2. The van der Waals surface area contributed by atoms with Gasteiger partial charge in [-0.1, -0.05) is 45.9 Å². The summed E-state index contributed by atoms with van der Waals surface area (Å²) in [4.78, 5) is 40.6. The van der Waals surface area contributed by atoms with E-state index in [1.54, 1.807) is 24.3 Å². The van der Waals surface area contributed by atoms with Crippen molar-refractivity contribution in [2.24, 2.45) is 5.92 Å². The minimum Gasteiger partial charge on any atom is -0.507 e. The maximum Gasteiger partial charge on any atom is 0.311 e. The lowest BCUT2D eigenvalue weighted by atomic mass is 9.94. The van der Waals surface area contributed by atoms with Crippen LogP contribution in [0.3, 0.4) is 0 Å². The number of nitro benzene ring substituents is 1. The van der Waals surface area contributed by atoms with Crippen molar-refractivity contribution in [1.82, 2.24) is 9.80 Å². The van der Waals surface area contributed by atoms with E-state index in [0.717, 1.165) is 25.2 Å². The van der Waals surface area contributed by atoms with Gasteiger partial charge in [0.2, 0.25) is 0 Å². The van der Waals surface area contributed by atoms with Crippen molar-refractivity contribution in [1.29, 1.82) is 0 Å². The summed E-state index contributed by atoms with van der Waals surface area (Å²) in [5, 5.41) is 32.7. The van der Waals surface area contributed by atoms with E-state index in [4.69, 9.17) is 4.74 Å². The van der Waals surface area contributed by atoms with Crippen LogP contribution in [0.2, 0.25) is 0 Å². The van der Waals surface area contributed by atoms with Crippen LogP contribution in [0.4, 0.5) is 5.69 Å². The minimum absolute atomic E-state index is 0.167. The lowest BCUT2D eigenvalue weighted by Crippen LogP contribution is -2.38. The standard InChI is InChI=1S/C27H33N3O7/c1-5-28(6-2)12-13-29-24(18-10-11-22(31)21(15-18)30(35)36)23(26(33)27(29)34)25(32)19-8-7-9-20(14-19)37-16-17(3)4/h7-11,14-15,17,24,31-32H,5-6,12-13,16H2,1-4H3/b25-23-. The molecule has 10 heteroatoms. The quantitative estimate of drug-likeness (QED) is 0.151. The summed E-state index contributed by atoms with van der Waals surface area (Å²) in [6, 6.07) is 9.19. The third kappa shape index (κ3) is 6.08. The molecule has 2 N–H and O–H groups in total.